The van der Waals surface area contributed by atoms with Crippen LogP contribution < -0.4 is 10.6 Å². The van der Waals surface area contributed by atoms with Gasteiger partial charge in [0, 0.05) is 25.8 Å². The lowest BCUT2D eigenvalue weighted by molar-refractivity contribution is -0.128. The van der Waals surface area contributed by atoms with E-state index < -0.39 is 0 Å². The maximum absolute atomic E-state index is 11.9. The van der Waals surface area contributed by atoms with E-state index in [-0.39, 0.29) is 12.5 Å². The zero-order chi connectivity index (χ0) is 14.3. The molecule has 1 amide bonds. The molecule has 0 fully saturated rings. The van der Waals surface area contributed by atoms with E-state index in [4.69, 9.17) is 0 Å². The molecular weight excluding hydrogens is 310 g/mol. The monoisotopic (exact) mass is 329 g/mol. The maximum atomic E-state index is 11.9. The van der Waals surface area contributed by atoms with Gasteiger partial charge in [0.05, 0.1) is 11.0 Å². The highest BCUT2D eigenvalue weighted by atomic mass is 79.9. The Bertz CT molecular complexity index is 423. The molecule has 0 aliphatic rings. The van der Waals surface area contributed by atoms with Crippen molar-refractivity contribution in [2.45, 2.75) is 20.8 Å². The van der Waals surface area contributed by atoms with Gasteiger partial charge in [0.15, 0.2) is 0 Å². The van der Waals surface area contributed by atoms with Gasteiger partial charge in [-0.05, 0) is 36.7 Å². The molecule has 0 unspecified atom stereocenters. The summed E-state index contributed by atoms with van der Waals surface area (Å²) in [4.78, 5) is 22.1. The standard InChI is InChI=1S/C12H20BrN5O/c1-4-14-12-16-7-9(13)11(17-12)15-8-10(19)18(5-2)6-3/h7H,4-6,8H2,1-3H3,(H2,14,15,16,17). The largest absolute Gasteiger partial charge is 0.360 e. The van der Waals surface area contributed by atoms with Gasteiger partial charge in [0.1, 0.15) is 5.82 Å². The Kier molecular flexibility index (Phi) is 6.55. The van der Waals surface area contributed by atoms with Crippen molar-refractivity contribution in [3.8, 4) is 0 Å². The van der Waals surface area contributed by atoms with Crippen LogP contribution in [-0.2, 0) is 4.79 Å². The molecule has 7 heteroatoms. The molecular formula is C12H20BrN5O. The van der Waals surface area contributed by atoms with Gasteiger partial charge in [-0.2, -0.15) is 4.98 Å². The lowest BCUT2D eigenvalue weighted by atomic mass is 10.4. The molecule has 19 heavy (non-hydrogen) atoms. The van der Waals surface area contributed by atoms with Crippen molar-refractivity contribution in [3.63, 3.8) is 0 Å². The molecule has 0 saturated heterocycles. The summed E-state index contributed by atoms with van der Waals surface area (Å²) < 4.78 is 0.738. The van der Waals surface area contributed by atoms with Crippen molar-refractivity contribution in [2.75, 3.05) is 36.8 Å². The quantitative estimate of drug-likeness (QED) is 0.800. The molecule has 1 aromatic heterocycles. The lowest BCUT2D eigenvalue weighted by Crippen LogP contribution is -2.35. The molecule has 1 rings (SSSR count). The van der Waals surface area contributed by atoms with E-state index in [0.717, 1.165) is 11.0 Å². The number of carbonyl (C=O) groups is 1. The number of amides is 1. The topological polar surface area (TPSA) is 70.2 Å². The maximum Gasteiger partial charge on any atom is 0.241 e. The molecule has 2 N–H and O–H groups in total. The Morgan fingerprint density at radius 2 is 2.00 bits per heavy atom. The summed E-state index contributed by atoms with van der Waals surface area (Å²) >= 11 is 3.36. The second-order valence-corrected chi connectivity index (χ2v) is 4.69. The summed E-state index contributed by atoms with van der Waals surface area (Å²) in [5, 5.41) is 6.06. The number of hydrogen-bond donors (Lipinski definition) is 2. The minimum atomic E-state index is 0.0560. The summed E-state index contributed by atoms with van der Waals surface area (Å²) in [6.45, 7) is 8.30. The molecule has 0 bridgehead atoms. The Labute approximate surface area is 122 Å². The van der Waals surface area contributed by atoms with Crippen molar-refractivity contribution in [2.24, 2.45) is 0 Å². The van der Waals surface area contributed by atoms with Gasteiger partial charge in [-0.25, -0.2) is 4.98 Å². The summed E-state index contributed by atoms with van der Waals surface area (Å²) in [5.74, 6) is 1.22. The fourth-order valence-electron chi connectivity index (χ4n) is 1.58. The molecule has 6 nitrogen and oxygen atoms in total. The highest BCUT2D eigenvalue weighted by molar-refractivity contribution is 9.10. The average molecular weight is 330 g/mol. The van der Waals surface area contributed by atoms with Crippen molar-refractivity contribution < 1.29 is 4.79 Å². The zero-order valence-corrected chi connectivity index (χ0v) is 13.1. The Hall–Kier alpha value is -1.37. The number of nitrogens with zero attached hydrogens (tertiary/aromatic N) is 3. The number of carbonyl (C=O) groups excluding carboxylic acids is 1. The first-order valence-electron chi connectivity index (χ1n) is 6.40. The van der Waals surface area contributed by atoms with Crippen LogP contribution in [0.25, 0.3) is 0 Å². The van der Waals surface area contributed by atoms with Crippen molar-refractivity contribution in [3.05, 3.63) is 10.7 Å². The highest BCUT2D eigenvalue weighted by Crippen LogP contribution is 2.19. The van der Waals surface area contributed by atoms with Gasteiger partial charge < -0.3 is 15.5 Å². The van der Waals surface area contributed by atoms with Crippen LogP contribution in [0.4, 0.5) is 11.8 Å². The van der Waals surface area contributed by atoms with Gasteiger partial charge >= 0.3 is 0 Å². The van der Waals surface area contributed by atoms with Crippen molar-refractivity contribution in [1.82, 2.24) is 14.9 Å². The summed E-state index contributed by atoms with van der Waals surface area (Å²) in [6, 6.07) is 0. The number of halogens is 1. The smallest absolute Gasteiger partial charge is 0.241 e. The first-order chi connectivity index (χ1) is 9.12. The minimum absolute atomic E-state index is 0.0560. The van der Waals surface area contributed by atoms with E-state index in [1.165, 1.54) is 0 Å². The third-order valence-corrected chi connectivity index (χ3v) is 3.18. The molecule has 0 atom stereocenters. The van der Waals surface area contributed by atoms with Crippen LogP contribution in [0.15, 0.2) is 10.7 Å². The number of hydrogen-bond acceptors (Lipinski definition) is 5. The normalized spacial score (nSPS) is 10.1. The molecule has 0 radical (unpaired) electrons. The second-order valence-electron chi connectivity index (χ2n) is 3.84. The minimum Gasteiger partial charge on any atom is -0.360 e. The van der Waals surface area contributed by atoms with E-state index in [2.05, 4.69) is 36.5 Å². The number of anilines is 2. The molecule has 0 spiro atoms. The van der Waals surface area contributed by atoms with Crippen LogP contribution in [0.1, 0.15) is 20.8 Å². The van der Waals surface area contributed by atoms with Crippen LogP contribution in [0.2, 0.25) is 0 Å². The summed E-state index contributed by atoms with van der Waals surface area (Å²) in [5.41, 5.74) is 0. The SMILES string of the molecule is CCNc1ncc(Br)c(NCC(=O)N(CC)CC)n1. The van der Waals surface area contributed by atoms with E-state index in [9.17, 15) is 4.79 Å². The fourth-order valence-corrected chi connectivity index (χ4v) is 1.91. The van der Waals surface area contributed by atoms with Crippen molar-refractivity contribution in [1.29, 1.82) is 0 Å². The predicted octanol–water partition coefficient (Wildman–Crippen LogP) is 1.95. The van der Waals surface area contributed by atoms with E-state index >= 15 is 0 Å². The number of nitrogens with one attached hydrogen (secondary N) is 2. The van der Waals surface area contributed by atoms with Crippen LogP contribution in [-0.4, -0.2) is 47.0 Å². The van der Waals surface area contributed by atoms with Gasteiger partial charge in [0.25, 0.3) is 0 Å². The van der Waals surface area contributed by atoms with Crippen LogP contribution in [0.3, 0.4) is 0 Å². The fraction of sp³-hybridized carbons (Fsp3) is 0.583. The third-order valence-electron chi connectivity index (χ3n) is 2.60. The van der Waals surface area contributed by atoms with E-state index in [1.54, 1.807) is 11.1 Å². The first kappa shape index (κ1) is 15.7. The third kappa shape index (κ3) is 4.66. The zero-order valence-electron chi connectivity index (χ0n) is 11.5. The predicted molar refractivity (Wildman–Crippen MR) is 80.3 cm³/mol. The van der Waals surface area contributed by atoms with Gasteiger partial charge in [0.2, 0.25) is 11.9 Å². The van der Waals surface area contributed by atoms with Gasteiger partial charge in [-0.15, -0.1) is 0 Å². The molecule has 106 valence electrons. The molecule has 0 aliphatic heterocycles. The molecule has 0 aromatic carbocycles. The van der Waals surface area contributed by atoms with Gasteiger partial charge in [-0.3, -0.25) is 4.79 Å². The van der Waals surface area contributed by atoms with Gasteiger partial charge in [-0.1, -0.05) is 0 Å². The van der Waals surface area contributed by atoms with Crippen LogP contribution in [0, 0.1) is 0 Å². The Morgan fingerprint density at radius 1 is 1.32 bits per heavy atom. The van der Waals surface area contributed by atoms with E-state index in [1.807, 2.05) is 20.8 Å². The summed E-state index contributed by atoms with van der Waals surface area (Å²) in [6.07, 6.45) is 1.66. The van der Waals surface area contributed by atoms with Crippen molar-refractivity contribution >= 4 is 33.6 Å². The molecule has 1 aromatic rings. The molecule has 1 heterocycles. The lowest BCUT2D eigenvalue weighted by Gasteiger charge is -2.19. The second kappa shape index (κ2) is 7.93. The van der Waals surface area contributed by atoms with Crippen LogP contribution >= 0.6 is 15.9 Å². The number of likely N-dealkylation sites (N-methyl/N-ethyl adjacent to an activating group) is 1. The summed E-state index contributed by atoms with van der Waals surface area (Å²) in [7, 11) is 0. The Morgan fingerprint density at radius 3 is 2.58 bits per heavy atom. The average Bonchev–Trinajstić information content (AvgIpc) is 2.41. The first-order valence-corrected chi connectivity index (χ1v) is 7.19. The number of aromatic nitrogens is 2. The highest BCUT2D eigenvalue weighted by Gasteiger charge is 2.11. The molecule has 0 saturated carbocycles. The van der Waals surface area contributed by atoms with Crippen LogP contribution in [0.5, 0.6) is 0 Å². The Balaban J connectivity index is 2.66. The molecule has 0 aliphatic carbocycles. The van der Waals surface area contributed by atoms with E-state index in [0.29, 0.717) is 24.9 Å². The number of rotatable bonds is 7.